The maximum absolute atomic E-state index is 10.3. The third-order valence-electron chi connectivity index (χ3n) is 5.17. The molecule has 0 nitrogen and oxygen atoms in total. The van der Waals surface area contributed by atoms with Crippen LogP contribution in [0.1, 0.15) is 89.7 Å². The molecule has 0 aliphatic heterocycles. The first-order valence-corrected chi connectivity index (χ1v) is 11.7. The lowest BCUT2D eigenvalue weighted by molar-refractivity contribution is 0.171. The van der Waals surface area contributed by atoms with Gasteiger partial charge in [0, 0.05) is 0 Å². The van der Waals surface area contributed by atoms with E-state index >= 15 is 0 Å². The number of hydrogen-bond acceptors (Lipinski definition) is 0. The van der Waals surface area contributed by atoms with E-state index < -0.39 is 6.43 Å². The second-order valence-corrected chi connectivity index (χ2v) is 7.84. The Hall–Kier alpha value is -1.96. The molecule has 1 aliphatic carbocycles. The van der Waals surface area contributed by atoms with Gasteiger partial charge in [0.2, 0.25) is 6.43 Å². The molecule has 0 saturated heterocycles. The number of alkyl halides is 2. The molecule has 0 saturated carbocycles. The van der Waals surface area contributed by atoms with Gasteiger partial charge in [0.25, 0.3) is 0 Å². The Morgan fingerprint density at radius 3 is 1.67 bits per heavy atom. The largest absolute Gasteiger partial charge is 0.235 e. The number of hydrogen-bond donors (Lipinski definition) is 0. The maximum Gasteiger partial charge on any atom is 0.235 e. The average Bonchev–Trinajstić information content (AvgIpc) is 3.11. The van der Waals surface area contributed by atoms with Crippen LogP contribution < -0.4 is 0 Å². The van der Waals surface area contributed by atoms with Gasteiger partial charge in [-0.1, -0.05) is 113 Å². The van der Waals surface area contributed by atoms with E-state index in [2.05, 4.69) is 74.5 Å². The molecule has 0 fully saturated rings. The Balaban J connectivity index is 0.000000256. The SMILES string of the molecule is CC(F)F.CC=CCCCCCCCCCC.c1ccc2c(c1)Cc1ccccc1-2. The van der Waals surface area contributed by atoms with E-state index in [-0.39, 0.29) is 0 Å². The standard InChI is InChI=1S/C13H10.C13H26.C2H4F2/c1-3-7-12-10(5-1)9-11-6-2-4-8-13(11)12;1-3-5-7-9-11-13-12-10-8-6-4-2;1-2(3)4/h1-8H,9H2;3,5H,4,6-13H2,1-2H3;2H,1H3. The Kier molecular flexibility index (Phi) is 14.6. The molecular formula is C28H40F2. The molecule has 0 aromatic heterocycles. The van der Waals surface area contributed by atoms with Crippen molar-refractivity contribution in [1.82, 2.24) is 0 Å². The molecule has 0 atom stereocenters. The van der Waals surface area contributed by atoms with E-state index in [1.54, 1.807) is 0 Å². The first-order chi connectivity index (χ1) is 14.6. The second kappa shape index (κ2) is 16.8. The van der Waals surface area contributed by atoms with Gasteiger partial charge in [0.15, 0.2) is 0 Å². The fourth-order valence-corrected chi connectivity index (χ4v) is 3.64. The molecule has 0 bridgehead atoms. The van der Waals surface area contributed by atoms with Gasteiger partial charge < -0.3 is 0 Å². The highest BCUT2D eigenvalue weighted by Gasteiger charge is 2.15. The molecule has 0 unspecified atom stereocenters. The molecule has 1 aliphatic rings. The highest BCUT2D eigenvalue weighted by Crippen LogP contribution is 2.35. The first-order valence-electron chi connectivity index (χ1n) is 11.7. The predicted octanol–water partition coefficient (Wildman–Crippen LogP) is 9.62. The topological polar surface area (TPSA) is 0 Å². The summed E-state index contributed by atoms with van der Waals surface area (Å²) in [5.41, 5.74) is 5.75. The van der Waals surface area contributed by atoms with Crippen molar-refractivity contribution in [3.63, 3.8) is 0 Å². The molecule has 3 rings (SSSR count). The van der Waals surface area contributed by atoms with Crippen LogP contribution in [0.2, 0.25) is 0 Å². The van der Waals surface area contributed by atoms with Crippen molar-refractivity contribution in [2.24, 2.45) is 0 Å². The van der Waals surface area contributed by atoms with Gasteiger partial charge in [-0.2, -0.15) is 0 Å². The quantitative estimate of drug-likeness (QED) is 0.241. The lowest BCUT2D eigenvalue weighted by atomic mass is 10.1. The van der Waals surface area contributed by atoms with E-state index in [9.17, 15) is 8.78 Å². The van der Waals surface area contributed by atoms with Gasteiger partial charge >= 0.3 is 0 Å². The molecule has 0 radical (unpaired) electrons. The molecule has 2 aromatic carbocycles. The minimum Gasteiger partial charge on any atom is -0.211 e. The summed E-state index contributed by atoms with van der Waals surface area (Å²) in [5.74, 6) is 0. The molecule has 30 heavy (non-hydrogen) atoms. The van der Waals surface area contributed by atoms with Crippen LogP contribution in [-0.2, 0) is 6.42 Å². The van der Waals surface area contributed by atoms with Crippen LogP contribution in [0, 0.1) is 0 Å². The molecule has 166 valence electrons. The van der Waals surface area contributed by atoms with Crippen molar-refractivity contribution in [1.29, 1.82) is 0 Å². The summed E-state index contributed by atoms with van der Waals surface area (Å²) in [7, 11) is 0. The van der Waals surface area contributed by atoms with Crippen molar-refractivity contribution >= 4 is 0 Å². The van der Waals surface area contributed by atoms with Crippen LogP contribution in [0.5, 0.6) is 0 Å². The summed E-state index contributed by atoms with van der Waals surface area (Å²) in [6.45, 7) is 5.21. The van der Waals surface area contributed by atoms with Crippen LogP contribution >= 0.6 is 0 Å². The van der Waals surface area contributed by atoms with Gasteiger partial charge in [-0.05, 0) is 55.4 Å². The molecule has 2 heteroatoms. The van der Waals surface area contributed by atoms with Crippen LogP contribution in [0.15, 0.2) is 60.7 Å². The Labute approximate surface area is 183 Å². The maximum atomic E-state index is 10.3. The first kappa shape index (κ1) is 26.1. The van der Waals surface area contributed by atoms with Crippen LogP contribution in [-0.4, -0.2) is 6.43 Å². The minimum absolute atomic E-state index is 0.833. The van der Waals surface area contributed by atoms with Gasteiger partial charge in [-0.25, -0.2) is 8.78 Å². The van der Waals surface area contributed by atoms with Gasteiger partial charge in [0.1, 0.15) is 0 Å². The van der Waals surface area contributed by atoms with Crippen molar-refractivity contribution < 1.29 is 8.78 Å². The highest BCUT2D eigenvalue weighted by atomic mass is 19.3. The summed E-state index contributed by atoms with van der Waals surface area (Å²) in [6, 6.07) is 17.3. The number of benzene rings is 2. The van der Waals surface area contributed by atoms with Crippen molar-refractivity contribution in [2.75, 3.05) is 0 Å². The fourth-order valence-electron chi connectivity index (χ4n) is 3.64. The van der Waals surface area contributed by atoms with E-state index in [1.165, 1.54) is 80.0 Å². The van der Waals surface area contributed by atoms with Crippen LogP contribution in [0.4, 0.5) is 8.78 Å². The molecule has 0 heterocycles. The summed E-state index contributed by atoms with van der Waals surface area (Å²) in [4.78, 5) is 0. The number of fused-ring (bicyclic) bond motifs is 3. The Morgan fingerprint density at radius 2 is 1.20 bits per heavy atom. The number of halogens is 2. The molecule has 0 amide bonds. The Bertz CT molecular complexity index is 657. The number of rotatable bonds is 9. The molecule has 0 spiro atoms. The number of unbranched alkanes of at least 4 members (excludes halogenated alkanes) is 8. The fraction of sp³-hybridized carbons (Fsp3) is 0.500. The normalized spacial score (nSPS) is 11.4. The molecule has 0 N–H and O–H groups in total. The third kappa shape index (κ3) is 11.3. The Morgan fingerprint density at radius 1 is 0.767 bits per heavy atom. The predicted molar refractivity (Wildman–Crippen MR) is 128 cm³/mol. The van der Waals surface area contributed by atoms with Crippen molar-refractivity contribution in [3.8, 4) is 11.1 Å². The summed E-state index contributed by atoms with van der Waals surface area (Å²) in [5, 5.41) is 0. The summed E-state index contributed by atoms with van der Waals surface area (Å²) >= 11 is 0. The molecular weight excluding hydrogens is 374 g/mol. The monoisotopic (exact) mass is 414 g/mol. The second-order valence-electron chi connectivity index (χ2n) is 7.84. The molecule has 2 aromatic rings. The van der Waals surface area contributed by atoms with Crippen LogP contribution in [0.25, 0.3) is 11.1 Å². The van der Waals surface area contributed by atoms with Gasteiger partial charge in [-0.3, -0.25) is 0 Å². The summed E-state index contributed by atoms with van der Waals surface area (Å²) < 4.78 is 20.7. The smallest absolute Gasteiger partial charge is 0.211 e. The van der Waals surface area contributed by atoms with E-state index in [0.717, 1.165) is 13.3 Å². The highest BCUT2D eigenvalue weighted by molar-refractivity contribution is 5.76. The van der Waals surface area contributed by atoms with E-state index in [0.29, 0.717) is 0 Å². The lowest BCUT2D eigenvalue weighted by Gasteiger charge is -1.99. The average molecular weight is 415 g/mol. The van der Waals surface area contributed by atoms with Crippen molar-refractivity contribution in [2.45, 2.75) is 91.4 Å². The van der Waals surface area contributed by atoms with Crippen LogP contribution in [0.3, 0.4) is 0 Å². The van der Waals surface area contributed by atoms with E-state index in [4.69, 9.17) is 0 Å². The lowest BCUT2D eigenvalue weighted by Crippen LogP contribution is -1.79. The minimum atomic E-state index is -2.17. The van der Waals surface area contributed by atoms with E-state index in [1.807, 2.05) is 0 Å². The third-order valence-corrected chi connectivity index (χ3v) is 5.17. The van der Waals surface area contributed by atoms with Gasteiger partial charge in [0.05, 0.1) is 0 Å². The zero-order valence-corrected chi connectivity index (χ0v) is 19.2. The van der Waals surface area contributed by atoms with Gasteiger partial charge in [-0.15, -0.1) is 0 Å². The summed E-state index contributed by atoms with van der Waals surface area (Å²) in [6.07, 6.45) is 16.1. The zero-order valence-electron chi connectivity index (χ0n) is 19.2. The number of allylic oxidation sites excluding steroid dienone is 2. The zero-order chi connectivity index (χ0) is 22.0. The van der Waals surface area contributed by atoms with Crippen molar-refractivity contribution in [3.05, 3.63) is 71.8 Å².